The van der Waals surface area contributed by atoms with Crippen molar-refractivity contribution in [3.05, 3.63) is 64.4 Å². The zero-order chi connectivity index (χ0) is 17.2. The van der Waals surface area contributed by atoms with Gasteiger partial charge in [-0.2, -0.15) is 0 Å². The second kappa shape index (κ2) is 7.00. The van der Waals surface area contributed by atoms with Crippen molar-refractivity contribution in [2.75, 3.05) is 6.54 Å². The van der Waals surface area contributed by atoms with E-state index in [-0.39, 0.29) is 11.8 Å². The number of nitrogens with zero attached hydrogens (tertiary/aromatic N) is 1. The van der Waals surface area contributed by atoms with Crippen LogP contribution in [0.4, 0.5) is 0 Å². The van der Waals surface area contributed by atoms with Crippen molar-refractivity contribution in [2.45, 2.75) is 25.2 Å². The Morgan fingerprint density at radius 2 is 2.00 bits per heavy atom. The molecule has 4 nitrogen and oxygen atoms in total. The van der Waals surface area contributed by atoms with E-state index in [9.17, 15) is 4.79 Å². The lowest BCUT2D eigenvalue weighted by Gasteiger charge is -2.04. The van der Waals surface area contributed by atoms with Crippen molar-refractivity contribution in [3.8, 4) is 0 Å². The van der Waals surface area contributed by atoms with Gasteiger partial charge in [0.25, 0.3) is 0 Å². The number of aromatic amines is 1. The summed E-state index contributed by atoms with van der Waals surface area (Å²) in [5, 5.41) is 3.07. The quantitative estimate of drug-likeness (QED) is 0.612. The number of rotatable bonds is 6. The summed E-state index contributed by atoms with van der Waals surface area (Å²) in [6.07, 6.45) is 2.69. The van der Waals surface area contributed by atoms with Crippen LogP contribution in [0.25, 0.3) is 11.0 Å². The highest BCUT2D eigenvalue weighted by Gasteiger charge is 2.43. The van der Waals surface area contributed by atoms with Gasteiger partial charge in [-0.05, 0) is 48.6 Å². The molecule has 1 aromatic heterocycles. The molecule has 5 heteroatoms. The summed E-state index contributed by atoms with van der Waals surface area (Å²) < 4.78 is 1.07. The van der Waals surface area contributed by atoms with E-state index in [0.29, 0.717) is 12.5 Å². The van der Waals surface area contributed by atoms with Crippen molar-refractivity contribution in [1.82, 2.24) is 15.3 Å². The summed E-state index contributed by atoms with van der Waals surface area (Å²) in [6.45, 7) is 0.694. The first kappa shape index (κ1) is 16.3. The van der Waals surface area contributed by atoms with Crippen molar-refractivity contribution in [2.24, 2.45) is 5.92 Å². The number of amides is 1. The largest absolute Gasteiger partial charge is 0.356 e. The molecule has 2 atom stereocenters. The van der Waals surface area contributed by atoms with Crippen molar-refractivity contribution >= 4 is 32.9 Å². The monoisotopic (exact) mass is 397 g/mol. The van der Waals surface area contributed by atoms with Gasteiger partial charge in [-0.25, -0.2) is 4.98 Å². The molecule has 1 saturated carbocycles. The van der Waals surface area contributed by atoms with Crippen LogP contribution < -0.4 is 5.32 Å². The minimum absolute atomic E-state index is 0.132. The Hall–Kier alpha value is -2.14. The lowest BCUT2D eigenvalue weighted by atomic mass is 10.1. The molecule has 0 radical (unpaired) electrons. The molecule has 3 aromatic rings. The molecule has 25 heavy (non-hydrogen) atoms. The number of carbonyl (C=O) groups is 1. The Kier molecular flexibility index (Phi) is 4.57. The van der Waals surface area contributed by atoms with Crippen LogP contribution in [0.3, 0.4) is 0 Å². The number of aromatic nitrogens is 2. The molecule has 1 aliphatic rings. The van der Waals surface area contributed by atoms with Crippen LogP contribution in [0.15, 0.2) is 53.0 Å². The number of fused-ring (bicyclic) bond motifs is 1. The number of benzene rings is 2. The fraction of sp³-hybridized carbons (Fsp3) is 0.300. The Balaban J connectivity index is 1.22. The summed E-state index contributed by atoms with van der Waals surface area (Å²) in [5.74, 6) is 1.67. The highest BCUT2D eigenvalue weighted by atomic mass is 79.9. The highest BCUT2D eigenvalue weighted by molar-refractivity contribution is 9.10. The van der Waals surface area contributed by atoms with E-state index in [1.807, 2.05) is 36.4 Å². The Morgan fingerprint density at radius 1 is 1.20 bits per heavy atom. The number of hydrogen-bond donors (Lipinski definition) is 2. The van der Waals surface area contributed by atoms with Crippen LogP contribution in [0.1, 0.15) is 30.1 Å². The number of halogens is 1. The summed E-state index contributed by atoms with van der Waals surface area (Å²) in [4.78, 5) is 20.2. The van der Waals surface area contributed by atoms with E-state index in [0.717, 1.165) is 40.6 Å². The molecular formula is C20H20BrN3O. The zero-order valence-corrected chi connectivity index (χ0v) is 15.4. The Labute approximate surface area is 155 Å². The van der Waals surface area contributed by atoms with E-state index >= 15 is 0 Å². The van der Waals surface area contributed by atoms with Gasteiger partial charge in [-0.15, -0.1) is 0 Å². The molecule has 2 unspecified atom stereocenters. The molecule has 1 heterocycles. The first-order valence-electron chi connectivity index (χ1n) is 8.67. The van der Waals surface area contributed by atoms with Crippen LogP contribution >= 0.6 is 15.9 Å². The van der Waals surface area contributed by atoms with Gasteiger partial charge >= 0.3 is 0 Å². The maximum Gasteiger partial charge on any atom is 0.223 e. The lowest BCUT2D eigenvalue weighted by molar-refractivity contribution is -0.122. The van der Waals surface area contributed by atoms with Gasteiger partial charge < -0.3 is 10.3 Å². The van der Waals surface area contributed by atoms with Crippen molar-refractivity contribution in [3.63, 3.8) is 0 Å². The van der Waals surface area contributed by atoms with E-state index in [1.54, 1.807) is 0 Å². The number of para-hydroxylation sites is 2. The van der Waals surface area contributed by atoms with Gasteiger partial charge in [0, 0.05) is 23.4 Å². The molecule has 0 aliphatic heterocycles. The standard InChI is InChI=1S/C20H20BrN3O/c21-14-9-7-13(8-10-14)15-12-16(15)20(25)22-11-3-6-19-23-17-4-1-2-5-18(17)24-19/h1-2,4-5,7-10,15-16H,3,6,11-12H2,(H,22,25)(H,23,24). The van der Waals surface area contributed by atoms with E-state index in [2.05, 4.69) is 43.3 Å². The summed E-state index contributed by atoms with van der Waals surface area (Å²) in [7, 11) is 0. The molecule has 128 valence electrons. The summed E-state index contributed by atoms with van der Waals surface area (Å²) in [6, 6.07) is 16.3. The maximum atomic E-state index is 12.3. The molecular weight excluding hydrogens is 378 g/mol. The van der Waals surface area contributed by atoms with Crippen molar-refractivity contribution in [1.29, 1.82) is 0 Å². The van der Waals surface area contributed by atoms with Gasteiger partial charge in [0.05, 0.1) is 11.0 Å². The topological polar surface area (TPSA) is 57.8 Å². The second-order valence-corrected chi connectivity index (χ2v) is 7.51. The maximum absolute atomic E-state index is 12.3. The van der Waals surface area contributed by atoms with Crippen LogP contribution in [0, 0.1) is 5.92 Å². The number of hydrogen-bond acceptors (Lipinski definition) is 2. The summed E-state index contributed by atoms with van der Waals surface area (Å²) >= 11 is 3.44. The Morgan fingerprint density at radius 3 is 2.80 bits per heavy atom. The van der Waals surface area contributed by atoms with Gasteiger partial charge in [0.2, 0.25) is 5.91 Å². The first-order chi connectivity index (χ1) is 12.2. The van der Waals surface area contributed by atoms with Gasteiger partial charge in [-0.1, -0.05) is 40.2 Å². The number of nitrogens with one attached hydrogen (secondary N) is 2. The molecule has 0 saturated heterocycles. The molecule has 0 bridgehead atoms. The molecule has 1 aliphatic carbocycles. The molecule has 1 amide bonds. The van der Waals surface area contributed by atoms with Gasteiger partial charge in [-0.3, -0.25) is 4.79 Å². The van der Waals surface area contributed by atoms with E-state index < -0.39 is 0 Å². The molecule has 2 N–H and O–H groups in total. The number of imidazole rings is 1. The lowest BCUT2D eigenvalue weighted by Crippen LogP contribution is -2.26. The van der Waals surface area contributed by atoms with Crippen LogP contribution in [0.2, 0.25) is 0 Å². The normalized spacial score (nSPS) is 19.1. The fourth-order valence-corrected chi connectivity index (χ4v) is 3.55. The van der Waals surface area contributed by atoms with Crippen LogP contribution in [0.5, 0.6) is 0 Å². The molecule has 0 spiro atoms. The number of carbonyl (C=O) groups excluding carboxylic acids is 1. The van der Waals surface area contributed by atoms with E-state index in [1.165, 1.54) is 5.56 Å². The minimum atomic E-state index is 0.132. The van der Waals surface area contributed by atoms with Gasteiger partial charge in [0.15, 0.2) is 0 Å². The first-order valence-corrected chi connectivity index (χ1v) is 9.47. The van der Waals surface area contributed by atoms with Crippen LogP contribution in [-0.4, -0.2) is 22.4 Å². The predicted octanol–water partition coefficient (Wildman–Crippen LogP) is 4.18. The molecule has 2 aromatic carbocycles. The number of aryl methyl sites for hydroxylation is 1. The van der Waals surface area contributed by atoms with Crippen molar-refractivity contribution < 1.29 is 4.79 Å². The third-order valence-electron chi connectivity index (χ3n) is 4.75. The van der Waals surface area contributed by atoms with Gasteiger partial charge in [0.1, 0.15) is 5.82 Å². The third kappa shape index (κ3) is 3.76. The zero-order valence-electron chi connectivity index (χ0n) is 13.8. The SMILES string of the molecule is O=C(NCCCc1nc2ccccc2[nH]1)C1CC1c1ccc(Br)cc1. The molecule has 4 rings (SSSR count). The Bertz CT molecular complexity index is 854. The minimum Gasteiger partial charge on any atom is -0.356 e. The average molecular weight is 398 g/mol. The predicted molar refractivity (Wildman–Crippen MR) is 102 cm³/mol. The fourth-order valence-electron chi connectivity index (χ4n) is 3.29. The third-order valence-corrected chi connectivity index (χ3v) is 5.28. The highest BCUT2D eigenvalue weighted by Crippen LogP contribution is 2.47. The molecule has 1 fully saturated rings. The number of H-pyrrole nitrogens is 1. The second-order valence-electron chi connectivity index (χ2n) is 6.60. The summed E-state index contributed by atoms with van der Waals surface area (Å²) in [5.41, 5.74) is 3.32. The smallest absolute Gasteiger partial charge is 0.223 e. The average Bonchev–Trinajstić information content (AvgIpc) is 3.31. The van der Waals surface area contributed by atoms with E-state index in [4.69, 9.17) is 0 Å². The van der Waals surface area contributed by atoms with Crippen LogP contribution in [-0.2, 0) is 11.2 Å².